The van der Waals surface area contributed by atoms with E-state index in [1.54, 1.807) is 6.92 Å². The zero-order valence-corrected chi connectivity index (χ0v) is 17.2. The van der Waals surface area contributed by atoms with Crippen molar-refractivity contribution in [2.45, 2.75) is 63.9 Å². The number of hydrogen-bond donors (Lipinski definition) is 2. The lowest BCUT2D eigenvalue weighted by atomic mass is 9.43. The van der Waals surface area contributed by atoms with Crippen molar-refractivity contribution in [3.63, 3.8) is 0 Å². The van der Waals surface area contributed by atoms with E-state index in [0.29, 0.717) is 18.4 Å². The molecule has 6 heteroatoms. The van der Waals surface area contributed by atoms with Crippen molar-refractivity contribution in [2.24, 2.45) is 17.3 Å². The second kappa shape index (κ2) is 7.47. The molecule has 3 amide bonds. The van der Waals surface area contributed by atoms with E-state index in [1.165, 1.54) is 18.9 Å². The molecule has 1 aromatic carbocycles. The fourth-order valence-corrected chi connectivity index (χ4v) is 6.39. The molecule has 1 aromatic rings. The Morgan fingerprint density at radius 3 is 2.38 bits per heavy atom. The molecule has 4 bridgehead atoms. The van der Waals surface area contributed by atoms with Crippen LogP contribution in [0.3, 0.4) is 0 Å². The van der Waals surface area contributed by atoms with Gasteiger partial charge < -0.3 is 10.1 Å². The largest absolute Gasteiger partial charge is 0.452 e. The quantitative estimate of drug-likeness (QED) is 0.746. The van der Waals surface area contributed by atoms with Crippen LogP contribution in [0.2, 0.25) is 0 Å². The zero-order chi connectivity index (χ0) is 20.6. The zero-order valence-electron chi connectivity index (χ0n) is 17.2. The third-order valence-corrected chi connectivity index (χ3v) is 7.11. The number of carbonyl (C=O) groups excluding carboxylic acids is 3. The molecular formula is C23H30N2O4. The van der Waals surface area contributed by atoms with E-state index in [-0.39, 0.29) is 11.4 Å². The molecule has 2 unspecified atom stereocenters. The second-order valence-electron chi connectivity index (χ2n) is 9.28. The maximum Gasteiger partial charge on any atom is 0.321 e. The van der Waals surface area contributed by atoms with Crippen LogP contribution in [0.25, 0.3) is 0 Å². The van der Waals surface area contributed by atoms with Gasteiger partial charge in [0.1, 0.15) is 0 Å². The lowest BCUT2D eigenvalue weighted by Crippen LogP contribution is -2.57. The molecule has 0 radical (unpaired) electrons. The minimum Gasteiger partial charge on any atom is -0.452 e. The van der Waals surface area contributed by atoms with Crippen LogP contribution in [0.5, 0.6) is 0 Å². The third kappa shape index (κ3) is 3.65. The van der Waals surface area contributed by atoms with Crippen molar-refractivity contribution in [1.29, 1.82) is 0 Å². The van der Waals surface area contributed by atoms with Gasteiger partial charge in [-0.2, -0.15) is 0 Å². The van der Waals surface area contributed by atoms with Crippen molar-refractivity contribution in [1.82, 2.24) is 10.6 Å². The maximum absolute atomic E-state index is 13.3. The minimum atomic E-state index is -0.995. The Morgan fingerprint density at radius 1 is 1.10 bits per heavy atom. The summed E-state index contributed by atoms with van der Waals surface area (Å²) in [5, 5.41) is 4.73. The topological polar surface area (TPSA) is 84.5 Å². The van der Waals surface area contributed by atoms with E-state index in [0.717, 1.165) is 32.1 Å². The van der Waals surface area contributed by atoms with Crippen molar-refractivity contribution in [2.75, 3.05) is 6.54 Å². The van der Waals surface area contributed by atoms with Crippen LogP contribution >= 0.6 is 0 Å². The highest BCUT2D eigenvalue weighted by Gasteiger charge is 2.61. The second-order valence-corrected chi connectivity index (χ2v) is 9.28. The van der Waals surface area contributed by atoms with Gasteiger partial charge in [-0.3, -0.25) is 14.9 Å². The highest BCUT2D eigenvalue weighted by molar-refractivity contribution is 5.97. The van der Waals surface area contributed by atoms with Crippen molar-refractivity contribution in [3.05, 3.63) is 35.9 Å². The molecule has 2 N–H and O–H groups in total. The van der Waals surface area contributed by atoms with Crippen LogP contribution in [0.1, 0.15) is 57.9 Å². The summed E-state index contributed by atoms with van der Waals surface area (Å²) in [6.45, 7) is 3.71. The summed E-state index contributed by atoms with van der Waals surface area (Å²) in [6.07, 6.45) is 4.96. The van der Waals surface area contributed by atoms with Gasteiger partial charge in [-0.1, -0.05) is 30.3 Å². The molecular weight excluding hydrogens is 368 g/mol. The summed E-state index contributed by atoms with van der Waals surface area (Å²) in [5.74, 6) is 0.198. The molecule has 6 nitrogen and oxygen atoms in total. The van der Waals surface area contributed by atoms with Crippen LogP contribution in [0, 0.1) is 17.3 Å². The molecule has 0 spiro atoms. The molecule has 5 rings (SSSR count). The van der Waals surface area contributed by atoms with Gasteiger partial charge in [0.2, 0.25) is 0 Å². The number of imide groups is 1. The number of urea groups is 1. The van der Waals surface area contributed by atoms with E-state index >= 15 is 0 Å². The normalized spacial score (nSPS) is 33.0. The van der Waals surface area contributed by atoms with Gasteiger partial charge >= 0.3 is 12.0 Å². The number of ether oxygens (including phenoxy) is 1. The molecule has 0 aromatic heterocycles. The minimum absolute atomic E-state index is 0.0386. The number of hydrogen-bond acceptors (Lipinski definition) is 4. The first-order chi connectivity index (χ1) is 13.9. The Kier molecular flexibility index (Phi) is 5.13. The Bertz CT molecular complexity index is 792. The summed E-state index contributed by atoms with van der Waals surface area (Å²) in [5.41, 5.74) is 0.852. The highest BCUT2D eigenvalue weighted by atomic mass is 16.5. The molecule has 4 saturated carbocycles. The summed E-state index contributed by atoms with van der Waals surface area (Å²) in [4.78, 5) is 37.1. The van der Waals surface area contributed by atoms with Gasteiger partial charge in [0.15, 0.2) is 6.10 Å². The number of rotatable bonds is 5. The predicted octanol–water partition coefficient (Wildman–Crippen LogP) is 3.30. The molecule has 4 fully saturated rings. The van der Waals surface area contributed by atoms with Gasteiger partial charge in [0.25, 0.3) is 5.91 Å². The van der Waals surface area contributed by atoms with Gasteiger partial charge in [0.05, 0.1) is 5.41 Å². The smallest absolute Gasteiger partial charge is 0.321 e. The fourth-order valence-electron chi connectivity index (χ4n) is 6.39. The standard InChI is InChI=1S/C23H30N2O4/c1-3-24-21(28)25-19(26)15(2)29-20(27)23-12-16-9-17(13-23)11-22(10-16,14-23)18-7-5-4-6-8-18/h4-8,15-17H,3,9-14H2,1-2H3,(H2,24,25,26,28)/t15-,16-,17+,22?,23?/m1/s1. The van der Waals surface area contributed by atoms with E-state index in [2.05, 4.69) is 34.9 Å². The van der Waals surface area contributed by atoms with Crippen LogP contribution in [-0.2, 0) is 19.7 Å². The number of carbonyl (C=O) groups is 3. The number of nitrogens with one attached hydrogen (secondary N) is 2. The molecule has 29 heavy (non-hydrogen) atoms. The van der Waals surface area contributed by atoms with Crippen LogP contribution in [0.15, 0.2) is 30.3 Å². The van der Waals surface area contributed by atoms with E-state index in [1.807, 2.05) is 6.07 Å². The van der Waals surface area contributed by atoms with Gasteiger partial charge in [-0.05, 0) is 75.2 Å². The average molecular weight is 399 g/mol. The maximum atomic E-state index is 13.3. The number of benzene rings is 1. The summed E-state index contributed by atoms with van der Waals surface area (Å²) >= 11 is 0. The Hall–Kier alpha value is -2.37. The first-order valence-corrected chi connectivity index (χ1v) is 10.7. The molecule has 0 heterocycles. The van der Waals surface area contributed by atoms with Gasteiger partial charge in [-0.25, -0.2) is 4.79 Å². The van der Waals surface area contributed by atoms with E-state index < -0.39 is 23.5 Å². The molecule has 0 saturated heterocycles. The molecule has 5 atom stereocenters. The molecule has 0 aliphatic heterocycles. The molecule has 156 valence electrons. The Labute approximate surface area is 171 Å². The van der Waals surface area contributed by atoms with Crippen molar-refractivity contribution < 1.29 is 19.1 Å². The SMILES string of the molecule is CCNC(=O)NC(=O)[C@@H](C)OC(=O)C12C[C@H]3C[C@@H](C1)CC(c1ccccc1)(C3)C2. The fraction of sp³-hybridized carbons (Fsp3) is 0.609. The predicted molar refractivity (Wildman–Crippen MR) is 108 cm³/mol. The van der Waals surface area contributed by atoms with Crippen LogP contribution < -0.4 is 10.6 Å². The molecule has 4 aliphatic rings. The van der Waals surface area contributed by atoms with Gasteiger partial charge in [-0.15, -0.1) is 0 Å². The Balaban J connectivity index is 1.50. The van der Waals surface area contributed by atoms with Crippen LogP contribution in [-0.4, -0.2) is 30.6 Å². The van der Waals surface area contributed by atoms with Crippen molar-refractivity contribution in [3.8, 4) is 0 Å². The lowest BCUT2D eigenvalue weighted by Gasteiger charge is -2.61. The van der Waals surface area contributed by atoms with E-state index in [4.69, 9.17) is 4.74 Å². The monoisotopic (exact) mass is 398 g/mol. The highest BCUT2D eigenvalue weighted by Crippen LogP contribution is 2.66. The summed E-state index contributed by atoms with van der Waals surface area (Å²) < 4.78 is 5.63. The Morgan fingerprint density at radius 2 is 1.76 bits per heavy atom. The van der Waals surface area contributed by atoms with Crippen LogP contribution in [0.4, 0.5) is 4.79 Å². The lowest BCUT2D eigenvalue weighted by molar-refractivity contribution is -0.180. The average Bonchev–Trinajstić information content (AvgIpc) is 2.67. The number of amides is 3. The number of esters is 1. The van der Waals surface area contributed by atoms with Gasteiger partial charge in [0, 0.05) is 6.54 Å². The summed E-state index contributed by atoms with van der Waals surface area (Å²) in [6, 6.07) is 9.99. The third-order valence-electron chi connectivity index (χ3n) is 7.11. The van der Waals surface area contributed by atoms with E-state index in [9.17, 15) is 14.4 Å². The first kappa shape index (κ1) is 19.9. The van der Waals surface area contributed by atoms with Crippen molar-refractivity contribution >= 4 is 17.9 Å². The summed E-state index contributed by atoms with van der Waals surface area (Å²) in [7, 11) is 0. The first-order valence-electron chi connectivity index (χ1n) is 10.7. The molecule has 4 aliphatic carbocycles.